The summed E-state index contributed by atoms with van der Waals surface area (Å²) >= 11 is -2.09. The molecule has 2 aromatic carbocycles. The van der Waals surface area contributed by atoms with E-state index in [1.54, 1.807) is 6.07 Å². The summed E-state index contributed by atoms with van der Waals surface area (Å²) in [6.07, 6.45) is -3.37. The molecule has 4 rings (SSSR count). The van der Waals surface area contributed by atoms with Gasteiger partial charge in [-0.15, -0.1) is 0 Å². The Morgan fingerprint density at radius 2 is 1.92 bits per heavy atom. The summed E-state index contributed by atoms with van der Waals surface area (Å²) in [5.74, 6) is -0.828. The Morgan fingerprint density at radius 3 is 2.61 bits per heavy atom. The zero-order chi connectivity index (χ0) is 25.9. The summed E-state index contributed by atoms with van der Waals surface area (Å²) < 4.78 is 67.1. The maximum absolute atomic E-state index is 13.5. The van der Waals surface area contributed by atoms with Gasteiger partial charge in [0.2, 0.25) is 11.7 Å². The van der Waals surface area contributed by atoms with Crippen LogP contribution in [0.1, 0.15) is 23.4 Å². The Morgan fingerprint density at radius 1 is 1.19 bits per heavy atom. The van der Waals surface area contributed by atoms with Gasteiger partial charge in [0.15, 0.2) is 4.90 Å². The SMILES string of the molecule is N#Cc1nccc(N2C[C@@H]([S+]([O-])c3ccccc3C(F)(F)F)C[C@H]2C(=O)NCc2ccc(F)cc2)n1. The fourth-order valence-electron chi connectivity index (χ4n) is 3.98. The zero-order valence-electron chi connectivity index (χ0n) is 18.6. The molecule has 0 spiro atoms. The first-order valence-corrected chi connectivity index (χ1v) is 12.0. The van der Waals surface area contributed by atoms with E-state index in [9.17, 15) is 26.9 Å². The molecule has 1 unspecified atom stereocenters. The van der Waals surface area contributed by atoms with Gasteiger partial charge in [-0.2, -0.15) is 18.4 Å². The lowest BCUT2D eigenvalue weighted by Crippen LogP contribution is -2.43. The van der Waals surface area contributed by atoms with Crippen LogP contribution in [0.2, 0.25) is 0 Å². The van der Waals surface area contributed by atoms with Gasteiger partial charge < -0.3 is 14.8 Å². The number of nitriles is 1. The lowest BCUT2D eigenvalue weighted by Gasteiger charge is -2.24. The molecule has 1 N–H and O–H groups in total. The zero-order valence-corrected chi connectivity index (χ0v) is 19.4. The van der Waals surface area contributed by atoms with Gasteiger partial charge in [-0.05, 0) is 47.1 Å². The molecule has 36 heavy (non-hydrogen) atoms. The average Bonchev–Trinajstić information content (AvgIpc) is 3.33. The lowest BCUT2D eigenvalue weighted by molar-refractivity contribution is -0.139. The summed E-state index contributed by atoms with van der Waals surface area (Å²) in [6.45, 7) is 0.0522. The quantitative estimate of drug-likeness (QED) is 0.396. The van der Waals surface area contributed by atoms with Crippen LogP contribution in [0.4, 0.5) is 23.4 Å². The van der Waals surface area contributed by atoms with Crippen LogP contribution in [0.3, 0.4) is 0 Å². The van der Waals surface area contributed by atoms with Crippen molar-refractivity contribution in [2.45, 2.75) is 35.3 Å². The van der Waals surface area contributed by atoms with Gasteiger partial charge >= 0.3 is 6.18 Å². The van der Waals surface area contributed by atoms with E-state index in [1.807, 2.05) is 0 Å². The highest BCUT2D eigenvalue weighted by atomic mass is 32.2. The fourth-order valence-corrected chi connectivity index (χ4v) is 5.61. The highest BCUT2D eigenvalue weighted by Crippen LogP contribution is 2.38. The third-order valence-electron chi connectivity index (χ3n) is 5.69. The van der Waals surface area contributed by atoms with Crippen LogP contribution in [0, 0.1) is 17.1 Å². The van der Waals surface area contributed by atoms with E-state index in [1.165, 1.54) is 59.6 Å². The first-order valence-electron chi connectivity index (χ1n) is 10.8. The summed E-state index contributed by atoms with van der Waals surface area (Å²) in [5.41, 5.74) is -0.352. The first-order chi connectivity index (χ1) is 17.2. The van der Waals surface area contributed by atoms with Gasteiger partial charge in [-0.25, -0.2) is 14.4 Å². The smallest absolute Gasteiger partial charge is 0.421 e. The van der Waals surface area contributed by atoms with Crippen LogP contribution in [-0.4, -0.2) is 38.3 Å². The lowest BCUT2D eigenvalue weighted by atomic mass is 10.2. The van der Waals surface area contributed by atoms with Crippen LogP contribution < -0.4 is 10.2 Å². The second-order valence-electron chi connectivity index (χ2n) is 8.01. The van der Waals surface area contributed by atoms with Gasteiger partial charge in [0, 0.05) is 19.2 Å². The van der Waals surface area contributed by atoms with Gasteiger partial charge in [0.05, 0.1) is 6.54 Å². The molecule has 0 aliphatic carbocycles. The minimum Gasteiger partial charge on any atom is -0.611 e. The predicted octanol–water partition coefficient (Wildman–Crippen LogP) is 3.58. The third kappa shape index (κ3) is 5.58. The number of carbonyl (C=O) groups is 1. The largest absolute Gasteiger partial charge is 0.611 e. The molecule has 2 heterocycles. The Labute approximate surface area is 207 Å². The van der Waals surface area contributed by atoms with E-state index in [0.29, 0.717) is 5.56 Å². The number of anilines is 1. The Balaban J connectivity index is 1.60. The highest BCUT2D eigenvalue weighted by molar-refractivity contribution is 7.92. The van der Waals surface area contributed by atoms with Gasteiger partial charge in [-0.1, -0.05) is 24.3 Å². The molecule has 1 aromatic heterocycles. The normalized spacial score (nSPS) is 18.5. The highest BCUT2D eigenvalue weighted by Gasteiger charge is 2.46. The molecular weight excluding hydrogens is 498 g/mol. The number of hydrogen-bond donors (Lipinski definition) is 1. The molecule has 1 aliphatic heterocycles. The number of nitrogens with zero attached hydrogens (tertiary/aromatic N) is 4. The Hall–Kier alpha value is -3.69. The van der Waals surface area contributed by atoms with E-state index < -0.39 is 45.9 Å². The molecule has 3 atom stereocenters. The predicted molar refractivity (Wildman–Crippen MR) is 122 cm³/mol. The van der Waals surface area contributed by atoms with Crippen LogP contribution in [0.25, 0.3) is 0 Å². The molecule has 1 saturated heterocycles. The maximum Gasteiger partial charge on any atom is 0.421 e. The Bertz CT molecular complexity index is 1280. The molecule has 0 saturated carbocycles. The number of aromatic nitrogens is 2. The number of carbonyl (C=O) groups excluding carboxylic acids is 1. The summed E-state index contributed by atoms with van der Waals surface area (Å²) in [7, 11) is 0. The fraction of sp³-hybridized carbons (Fsp3) is 0.250. The molecule has 1 aliphatic rings. The molecule has 7 nitrogen and oxygen atoms in total. The number of alkyl halides is 3. The maximum atomic E-state index is 13.5. The number of nitrogens with one attached hydrogen (secondary N) is 1. The third-order valence-corrected chi connectivity index (χ3v) is 7.43. The molecule has 1 amide bonds. The molecule has 1 fully saturated rings. The molecule has 186 valence electrons. The van der Waals surface area contributed by atoms with Gasteiger partial charge in [0.25, 0.3) is 0 Å². The molecule has 0 bridgehead atoms. The van der Waals surface area contributed by atoms with Gasteiger partial charge in [-0.3, -0.25) is 4.79 Å². The topological polar surface area (TPSA) is 105 Å². The Kier molecular flexibility index (Phi) is 7.42. The molecule has 3 aromatic rings. The number of benzene rings is 2. The molecule has 0 radical (unpaired) electrons. The van der Waals surface area contributed by atoms with E-state index in [4.69, 9.17) is 5.26 Å². The number of amides is 1. The van der Waals surface area contributed by atoms with Gasteiger partial charge in [0.1, 0.15) is 34.6 Å². The summed E-state index contributed by atoms with van der Waals surface area (Å²) in [6, 6.07) is 12.5. The van der Waals surface area contributed by atoms with Crippen LogP contribution in [0.15, 0.2) is 65.7 Å². The molecule has 12 heteroatoms. The van der Waals surface area contributed by atoms with E-state index in [0.717, 1.165) is 6.07 Å². The van der Waals surface area contributed by atoms with Crippen molar-refractivity contribution in [2.75, 3.05) is 11.4 Å². The van der Waals surface area contributed by atoms with Crippen molar-refractivity contribution in [3.05, 3.63) is 83.6 Å². The number of rotatable bonds is 6. The van der Waals surface area contributed by atoms with Crippen molar-refractivity contribution in [1.29, 1.82) is 5.26 Å². The standard InChI is InChI=1S/C24H19F4N5O2S/c25-16-7-5-15(6-8-16)13-31-23(34)19-11-17(14-33(19)22-9-10-30-21(12-29)32-22)36(35)20-4-2-1-3-18(20)24(26,27)28/h1-10,17,19H,11,13-14H2,(H,31,34)/t17-,19-,36?/m0/s1. The van der Waals surface area contributed by atoms with E-state index >= 15 is 0 Å². The summed E-state index contributed by atoms with van der Waals surface area (Å²) in [4.78, 5) is 22.2. The van der Waals surface area contributed by atoms with E-state index in [-0.39, 0.29) is 36.0 Å². The van der Waals surface area contributed by atoms with E-state index in [2.05, 4.69) is 15.3 Å². The van der Waals surface area contributed by atoms with Crippen LogP contribution in [-0.2, 0) is 28.7 Å². The summed E-state index contributed by atoms with van der Waals surface area (Å²) in [5, 5.41) is 11.1. The molecular formula is C24H19F4N5O2S. The second kappa shape index (κ2) is 10.5. The first kappa shape index (κ1) is 25.4. The van der Waals surface area contributed by atoms with Crippen molar-refractivity contribution in [3.63, 3.8) is 0 Å². The van der Waals surface area contributed by atoms with Crippen molar-refractivity contribution in [2.24, 2.45) is 0 Å². The number of hydrogen-bond acceptors (Lipinski definition) is 6. The minimum absolute atomic E-state index is 0.0139. The van der Waals surface area contributed by atoms with Crippen molar-refractivity contribution in [3.8, 4) is 6.07 Å². The minimum atomic E-state index is -4.69. The van der Waals surface area contributed by atoms with Crippen LogP contribution in [0.5, 0.6) is 0 Å². The van der Waals surface area contributed by atoms with Crippen molar-refractivity contribution < 1.29 is 26.9 Å². The average molecular weight is 518 g/mol. The monoisotopic (exact) mass is 517 g/mol. The number of halogens is 4. The second-order valence-corrected chi connectivity index (χ2v) is 9.71. The van der Waals surface area contributed by atoms with Crippen molar-refractivity contribution in [1.82, 2.24) is 15.3 Å². The van der Waals surface area contributed by atoms with Crippen LogP contribution >= 0.6 is 0 Å². The van der Waals surface area contributed by atoms with Crippen molar-refractivity contribution >= 4 is 22.9 Å².